The number of rotatable bonds is 5. The highest BCUT2D eigenvalue weighted by Crippen LogP contribution is 2.34. The molecule has 2 aromatic rings. The second-order valence-electron chi connectivity index (χ2n) is 7.06. The molecule has 29 heavy (non-hydrogen) atoms. The Morgan fingerprint density at radius 1 is 1.00 bits per heavy atom. The van der Waals surface area contributed by atoms with Gasteiger partial charge in [0.15, 0.2) is 0 Å². The molecule has 6 nitrogen and oxygen atoms in total. The second-order valence-corrected chi connectivity index (χ2v) is 7.06. The molecule has 0 bridgehead atoms. The van der Waals surface area contributed by atoms with Crippen molar-refractivity contribution in [3.8, 4) is 0 Å². The summed E-state index contributed by atoms with van der Waals surface area (Å²) in [6.45, 7) is 2.73. The van der Waals surface area contributed by atoms with Crippen LogP contribution >= 0.6 is 0 Å². The van der Waals surface area contributed by atoms with Gasteiger partial charge in [0.25, 0.3) is 0 Å². The van der Waals surface area contributed by atoms with Gasteiger partial charge in [0, 0.05) is 38.2 Å². The number of carbonyl (C=O) groups is 2. The van der Waals surface area contributed by atoms with Crippen molar-refractivity contribution in [2.24, 2.45) is 0 Å². The molecule has 1 saturated heterocycles. The Morgan fingerprint density at radius 3 is 2.24 bits per heavy atom. The molecule has 0 aromatic heterocycles. The quantitative estimate of drug-likeness (QED) is 0.711. The van der Waals surface area contributed by atoms with Crippen molar-refractivity contribution in [1.82, 2.24) is 5.32 Å². The molecule has 3 amide bonds. The SMILES string of the molecule is CC(=O)Nc1cc(NC(=O)NCC2(c3ccccc3)CCOCC2)c(F)cc1F. The number of nitrogens with one attached hydrogen (secondary N) is 3. The molecule has 0 saturated carbocycles. The van der Waals surface area contributed by atoms with Crippen molar-refractivity contribution in [2.75, 3.05) is 30.4 Å². The second kappa shape index (κ2) is 9.00. The summed E-state index contributed by atoms with van der Waals surface area (Å²) in [6, 6.07) is 10.9. The third-order valence-corrected chi connectivity index (χ3v) is 5.04. The first kappa shape index (κ1) is 20.7. The third kappa shape index (κ3) is 5.08. The van der Waals surface area contributed by atoms with Crippen LogP contribution < -0.4 is 16.0 Å². The van der Waals surface area contributed by atoms with E-state index >= 15 is 0 Å². The van der Waals surface area contributed by atoms with E-state index < -0.39 is 23.6 Å². The number of urea groups is 1. The van der Waals surface area contributed by atoms with Crippen molar-refractivity contribution in [2.45, 2.75) is 25.2 Å². The van der Waals surface area contributed by atoms with Gasteiger partial charge in [0.2, 0.25) is 5.91 Å². The molecule has 0 aliphatic carbocycles. The summed E-state index contributed by atoms with van der Waals surface area (Å²) < 4.78 is 33.3. The number of hydrogen-bond donors (Lipinski definition) is 3. The lowest BCUT2D eigenvalue weighted by atomic mass is 9.74. The summed E-state index contributed by atoms with van der Waals surface area (Å²) >= 11 is 0. The summed E-state index contributed by atoms with van der Waals surface area (Å²) in [7, 11) is 0. The molecule has 0 radical (unpaired) electrons. The molecule has 1 heterocycles. The molecule has 8 heteroatoms. The molecule has 0 atom stereocenters. The molecule has 3 rings (SSSR count). The van der Waals surface area contributed by atoms with Gasteiger partial charge in [-0.25, -0.2) is 13.6 Å². The maximum atomic E-state index is 14.1. The summed E-state index contributed by atoms with van der Waals surface area (Å²) in [5.74, 6) is -2.36. The number of anilines is 2. The van der Waals surface area contributed by atoms with Crippen LogP contribution in [-0.4, -0.2) is 31.7 Å². The summed E-state index contributed by atoms with van der Waals surface area (Å²) in [6.07, 6.45) is 1.49. The number of amides is 3. The standard InChI is InChI=1S/C21H23F2N3O3/c1-14(27)25-18-12-19(17(23)11-16(18)22)26-20(28)24-13-21(7-9-29-10-8-21)15-5-3-2-4-6-15/h2-6,11-12H,7-10,13H2,1H3,(H,25,27)(H2,24,26,28). The van der Waals surface area contributed by atoms with Crippen molar-refractivity contribution in [1.29, 1.82) is 0 Å². The smallest absolute Gasteiger partial charge is 0.319 e. The van der Waals surface area contributed by atoms with E-state index in [0.29, 0.717) is 25.8 Å². The van der Waals surface area contributed by atoms with Crippen molar-refractivity contribution in [3.05, 3.63) is 59.7 Å². The van der Waals surface area contributed by atoms with Gasteiger partial charge in [0.1, 0.15) is 11.6 Å². The maximum absolute atomic E-state index is 14.1. The van der Waals surface area contributed by atoms with E-state index in [1.54, 1.807) is 0 Å². The van der Waals surface area contributed by atoms with Crippen molar-refractivity contribution < 1.29 is 23.1 Å². The lowest BCUT2D eigenvalue weighted by Gasteiger charge is -2.38. The Hall–Kier alpha value is -3.00. The highest BCUT2D eigenvalue weighted by molar-refractivity contribution is 5.92. The lowest BCUT2D eigenvalue weighted by molar-refractivity contribution is -0.114. The molecule has 0 spiro atoms. The van der Waals surface area contributed by atoms with Crippen LogP contribution in [0.5, 0.6) is 0 Å². The maximum Gasteiger partial charge on any atom is 0.319 e. The first-order valence-electron chi connectivity index (χ1n) is 9.34. The minimum absolute atomic E-state index is 0.209. The fourth-order valence-electron chi connectivity index (χ4n) is 3.47. The van der Waals surface area contributed by atoms with E-state index in [-0.39, 0.29) is 16.8 Å². The number of halogens is 2. The van der Waals surface area contributed by atoms with Crippen molar-refractivity contribution >= 4 is 23.3 Å². The largest absolute Gasteiger partial charge is 0.381 e. The average Bonchev–Trinajstić information content (AvgIpc) is 2.71. The van der Waals surface area contributed by atoms with Gasteiger partial charge in [-0.3, -0.25) is 4.79 Å². The zero-order valence-electron chi connectivity index (χ0n) is 16.1. The molecule has 1 fully saturated rings. The molecule has 154 valence electrons. The van der Waals surface area contributed by atoms with Crippen LogP contribution in [0.25, 0.3) is 0 Å². The normalized spacial score (nSPS) is 15.4. The number of benzene rings is 2. The summed E-state index contributed by atoms with van der Waals surface area (Å²) in [5, 5.41) is 7.43. The van der Waals surface area contributed by atoms with Crippen LogP contribution in [0.1, 0.15) is 25.3 Å². The molecule has 2 aromatic carbocycles. The molecule has 3 N–H and O–H groups in total. The van der Waals surface area contributed by atoms with E-state index in [4.69, 9.17) is 4.74 Å². The van der Waals surface area contributed by atoms with Crippen molar-refractivity contribution in [3.63, 3.8) is 0 Å². The van der Waals surface area contributed by atoms with Crippen LogP contribution in [-0.2, 0) is 14.9 Å². The molecule has 1 aliphatic rings. The average molecular weight is 403 g/mol. The predicted molar refractivity (Wildman–Crippen MR) is 106 cm³/mol. The van der Waals surface area contributed by atoms with Crippen LogP contribution in [0.15, 0.2) is 42.5 Å². The van der Waals surface area contributed by atoms with Gasteiger partial charge in [0.05, 0.1) is 11.4 Å². The van der Waals surface area contributed by atoms with Crippen LogP contribution in [0.3, 0.4) is 0 Å². The Kier molecular flexibility index (Phi) is 6.43. The van der Waals surface area contributed by atoms with E-state index in [1.807, 2.05) is 30.3 Å². The minimum atomic E-state index is -0.935. The highest BCUT2D eigenvalue weighted by atomic mass is 19.1. The fourth-order valence-corrected chi connectivity index (χ4v) is 3.47. The van der Waals surface area contributed by atoms with Gasteiger partial charge in [-0.1, -0.05) is 30.3 Å². The Labute approximate surface area is 167 Å². The number of carbonyl (C=O) groups excluding carboxylic acids is 2. The van der Waals surface area contributed by atoms with Gasteiger partial charge < -0.3 is 20.7 Å². The first-order valence-corrected chi connectivity index (χ1v) is 9.34. The topological polar surface area (TPSA) is 79.5 Å². The van der Waals surface area contributed by atoms with Crippen LogP contribution in [0.4, 0.5) is 25.0 Å². The molecular formula is C21H23F2N3O3. The molecular weight excluding hydrogens is 380 g/mol. The summed E-state index contributed by atoms with van der Waals surface area (Å²) in [4.78, 5) is 23.5. The Morgan fingerprint density at radius 2 is 1.62 bits per heavy atom. The van der Waals surface area contributed by atoms with E-state index in [0.717, 1.165) is 24.5 Å². The van der Waals surface area contributed by atoms with E-state index in [2.05, 4.69) is 16.0 Å². The zero-order valence-corrected chi connectivity index (χ0v) is 16.1. The Bertz CT molecular complexity index is 884. The van der Waals surface area contributed by atoms with Crippen LogP contribution in [0.2, 0.25) is 0 Å². The van der Waals surface area contributed by atoms with E-state index in [9.17, 15) is 18.4 Å². The monoisotopic (exact) mass is 403 g/mol. The van der Waals surface area contributed by atoms with Gasteiger partial charge in [-0.2, -0.15) is 0 Å². The third-order valence-electron chi connectivity index (χ3n) is 5.04. The van der Waals surface area contributed by atoms with Crippen LogP contribution in [0, 0.1) is 11.6 Å². The zero-order chi connectivity index (χ0) is 20.9. The van der Waals surface area contributed by atoms with Gasteiger partial charge in [-0.15, -0.1) is 0 Å². The lowest BCUT2D eigenvalue weighted by Crippen LogP contribution is -2.45. The molecule has 1 aliphatic heterocycles. The predicted octanol–water partition coefficient (Wildman–Crippen LogP) is 3.79. The number of hydrogen-bond acceptors (Lipinski definition) is 3. The van der Waals surface area contributed by atoms with E-state index in [1.165, 1.54) is 6.92 Å². The fraction of sp³-hybridized carbons (Fsp3) is 0.333. The first-order chi connectivity index (χ1) is 13.9. The Balaban J connectivity index is 1.71. The number of ether oxygens (including phenoxy) is 1. The van der Waals surface area contributed by atoms with Gasteiger partial charge in [-0.05, 0) is 24.5 Å². The molecule has 0 unspecified atom stereocenters. The highest BCUT2D eigenvalue weighted by Gasteiger charge is 2.34. The minimum Gasteiger partial charge on any atom is -0.381 e. The summed E-state index contributed by atoms with van der Waals surface area (Å²) in [5.41, 5.74) is 0.386. The van der Waals surface area contributed by atoms with Gasteiger partial charge >= 0.3 is 6.03 Å².